The molecule has 0 aliphatic carbocycles. The lowest BCUT2D eigenvalue weighted by atomic mass is 9.98. The fourth-order valence-corrected chi connectivity index (χ4v) is 2.02. The van der Waals surface area contributed by atoms with Crippen LogP contribution in [0.15, 0.2) is 42.5 Å². The Morgan fingerprint density at radius 1 is 1.06 bits per heavy atom. The fourth-order valence-electron chi connectivity index (χ4n) is 2.02. The summed E-state index contributed by atoms with van der Waals surface area (Å²) in [5, 5.41) is 0. The van der Waals surface area contributed by atoms with Crippen molar-refractivity contribution in [1.82, 2.24) is 0 Å². The van der Waals surface area contributed by atoms with Gasteiger partial charge in [0.2, 0.25) is 0 Å². The third-order valence-corrected chi connectivity index (χ3v) is 2.92. The van der Waals surface area contributed by atoms with Gasteiger partial charge in [0.1, 0.15) is 5.75 Å². The number of para-hydroxylation sites is 1. The zero-order valence-corrected chi connectivity index (χ0v) is 10.2. The molecule has 2 aromatic carbocycles. The van der Waals surface area contributed by atoms with Gasteiger partial charge in [0.05, 0.1) is 7.11 Å². The number of nitrogens with two attached hydrogens (primary N) is 1. The van der Waals surface area contributed by atoms with E-state index in [4.69, 9.17) is 10.5 Å². The summed E-state index contributed by atoms with van der Waals surface area (Å²) in [4.78, 5) is 0. The van der Waals surface area contributed by atoms with Crippen molar-refractivity contribution in [2.24, 2.45) is 5.73 Å². The number of benzene rings is 2. The minimum absolute atomic E-state index is 0.576. The molecule has 17 heavy (non-hydrogen) atoms. The molecule has 2 rings (SSSR count). The Kier molecular flexibility index (Phi) is 3.45. The van der Waals surface area contributed by atoms with E-state index in [1.165, 1.54) is 11.1 Å². The van der Waals surface area contributed by atoms with Crippen LogP contribution in [0.25, 0.3) is 11.1 Å². The van der Waals surface area contributed by atoms with Crippen LogP contribution < -0.4 is 10.5 Å². The van der Waals surface area contributed by atoms with Crippen molar-refractivity contribution in [2.75, 3.05) is 7.11 Å². The van der Waals surface area contributed by atoms with E-state index in [0.29, 0.717) is 6.54 Å². The van der Waals surface area contributed by atoms with E-state index in [-0.39, 0.29) is 0 Å². The zero-order valence-electron chi connectivity index (χ0n) is 10.2. The molecule has 0 amide bonds. The maximum absolute atomic E-state index is 5.64. The van der Waals surface area contributed by atoms with Gasteiger partial charge in [-0.25, -0.2) is 0 Å². The third kappa shape index (κ3) is 2.32. The molecule has 0 spiro atoms. The average molecular weight is 227 g/mol. The summed E-state index contributed by atoms with van der Waals surface area (Å²) in [6.45, 7) is 2.67. The molecule has 2 nitrogen and oxygen atoms in total. The van der Waals surface area contributed by atoms with Crippen molar-refractivity contribution < 1.29 is 4.74 Å². The number of hydrogen-bond acceptors (Lipinski definition) is 2. The Hall–Kier alpha value is -1.80. The molecule has 0 aliphatic rings. The van der Waals surface area contributed by atoms with Gasteiger partial charge in [0.25, 0.3) is 0 Å². The first-order valence-corrected chi connectivity index (χ1v) is 5.69. The number of rotatable bonds is 3. The molecule has 0 bridgehead atoms. The molecule has 0 aromatic heterocycles. The number of hydrogen-bond donors (Lipinski definition) is 1. The average Bonchev–Trinajstić information content (AvgIpc) is 2.38. The highest BCUT2D eigenvalue weighted by Gasteiger charge is 2.07. The van der Waals surface area contributed by atoms with Crippen molar-refractivity contribution in [1.29, 1.82) is 0 Å². The summed E-state index contributed by atoms with van der Waals surface area (Å²) in [7, 11) is 1.70. The molecule has 0 aliphatic heterocycles. The Morgan fingerprint density at radius 3 is 2.47 bits per heavy atom. The predicted molar refractivity (Wildman–Crippen MR) is 71.1 cm³/mol. The summed E-state index contributed by atoms with van der Waals surface area (Å²) in [5.41, 5.74) is 10.3. The maximum Gasteiger partial charge on any atom is 0.126 e. The van der Waals surface area contributed by atoms with Gasteiger partial charge in [-0.2, -0.15) is 0 Å². The van der Waals surface area contributed by atoms with Gasteiger partial charge >= 0.3 is 0 Å². The smallest absolute Gasteiger partial charge is 0.126 e. The lowest BCUT2D eigenvalue weighted by Crippen LogP contribution is -1.97. The Labute approximate surface area is 102 Å². The van der Waals surface area contributed by atoms with Crippen LogP contribution >= 0.6 is 0 Å². The highest BCUT2D eigenvalue weighted by molar-refractivity contribution is 5.73. The van der Waals surface area contributed by atoms with Gasteiger partial charge in [-0.3, -0.25) is 0 Å². The van der Waals surface area contributed by atoms with Gasteiger partial charge in [-0.05, 0) is 29.7 Å². The summed E-state index contributed by atoms with van der Waals surface area (Å²) < 4.78 is 5.39. The highest BCUT2D eigenvalue weighted by Crippen LogP contribution is 2.32. The molecule has 0 heterocycles. The molecular weight excluding hydrogens is 210 g/mol. The van der Waals surface area contributed by atoms with Gasteiger partial charge < -0.3 is 10.5 Å². The predicted octanol–water partition coefficient (Wildman–Crippen LogP) is 3.13. The topological polar surface area (TPSA) is 35.2 Å². The second kappa shape index (κ2) is 5.02. The lowest BCUT2D eigenvalue weighted by Gasteiger charge is -2.11. The third-order valence-electron chi connectivity index (χ3n) is 2.92. The van der Waals surface area contributed by atoms with Crippen molar-refractivity contribution in [3.63, 3.8) is 0 Å². The van der Waals surface area contributed by atoms with E-state index in [9.17, 15) is 0 Å². The Morgan fingerprint density at radius 2 is 1.82 bits per heavy atom. The van der Waals surface area contributed by atoms with Gasteiger partial charge in [0.15, 0.2) is 0 Å². The van der Waals surface area contributed by atoms with Crippen LogP contribution in [0.3, 0.4) is 0 Å². The van der Waals surface area contributed by atoms with E-state index in [1.807, 2.05) is 18.2 Å². The quantitative estimate of drug-likeness (QED) is 0.874. The van der Waals surface area contributed by atoms with E-state index in [1.54, 1.807) is 7.11 Å². The van der Waals surface area contributed by atoms with Gasteiger partial charge in [-0.15, -0.1) is 0 Å². The normalized spacial score (nSPS) is 10.3. The van der Waals surface area contributed by atoms with Crippen LogP contribution in [0, 0.1) is 6.92 Å². The molecule has 2 N–H and O–H groups in total. The fraction of sp³-hybridized carbons (Fsp3) is 0.200. The molecule has 88 valence electrons. The summed E-state index contributed by atoms with van der Waals surface area (Å²) in [6, 6.07) is 14.3. The van der Waals surface area contributed by atoms with Crippen LogP contribution in [0.2, 0.25) is 0 Å². The molecule has 0 atom stereocenters. The molecule has 0 fully saturated rings. The van der Waals surface area contributed by atoms with Crippen molar-refractivity contribution in [3.8, 4) is 16.9 Å². The minimum Gasteiger partial charge on any atom is -0.496 e. The van der Waals surface area contributed by atoms with Crippen molar-refractivity contribution in [2.45, 2.75) is 13.5 Å². The molecular formula is C15H17NO. The number of aryl methyl sites for hydroxylation is 1. The maximum atomic E-state index is 5.64. The first kappa shape index (κ1) is 11.7. The Bertz CT molecular complexity index is 520. The summed E-state index contributed by atoms with van der Waals surface area (Å²) >= 11 is 0. The standard InChI is InChI=1S/C15H17NO/c1-11-9-12(10-16)7-8-13(11)14-5-3-4-6-15(14)17-2/h3-9H,10,16H2,1-2H3. The number of methoxy groups -OCH3 is 1. The van der Waals surface area contributed by atoms with E-state index >= 15 is 0 Å². The minimum atomic E-state index is 0.576. The second-order valence-electron chi connectivity index (χ2n) is 4.05. The van der Waals surface area contributed by atoms with E-state index in [2.05, 4.69) is 31.2 Å². The lowest BCUT2D eigenvalue weighted by molar-refractivity contribution is 0.416. The van der Waals surface area contributed by atoms with Crippen LogP contribution in [0.5, 0.6) is 5.75 Å². The zero-order chi connectivity index (χ0) is 12.3. The van der Waals surface area contributed by atoms with Crippen LogP contribution in [0.1, 0.15) is 11.1 Å². The molecule has 0 saturated carbocycles. The SMILES string of the molecule is COc1ccccc1-c1ccc(CN)cc1C. The molecule has 2 aromatic rings. The van der Waals surface area contributed by atoms with Crippen LogP contribution in [-0.4, -0.2) is 7.11 Å². The highest BCUT2D eigenvalue weighted by atomic mass is 16.5. The van der Waals surface area contributed by atoms with Crippen molar-refractivity contribution >= 4 is 0 Å². The molecule has 0 unspecified atom stereocenters. The first-order chi connectivity index (χ1) is 8.26. The van der Waals surface area contributed by atoms with Gasteiger partial charge in [0, 0.05) is 12.1 Å². The summed E-state index contributed by atoms with van der Waals surface area (Å²) in [5.74, 6) is 0.899. The first-order valence-electron chi connectivity index (χ1n) is 5.69. The molecule has 0 saturated heterocycles. The van der Waals surface area contributed by atoms with Crippen molar-refractivity contribution in [3.05, 3.63) is 53.6 Å². The monoisotopic (exact) mass is 227 g/mol. The largest absolute Gasteiger partial charge is 0.496 e. The van der Waals surface area contributed by atoms with Crippen LogP contribution in [0.4, 0.5) is 0 Å². The Balaban J connectivity index is 2.53. The van der Waals surface area contributed by atoms with E-state index in [0.717, 1.165) is 16.9 Å². The van der Waals surface area contributed by atoms with Crippen LogP contribution in [-0.2, 0) is 6.54 Å². The molecule has 0 radical (unpaired) electrons. The van der Waals surface area contributed by atoms with E-state index < -0.39 is 0 Å². The van der Waals surface area contributed by atoms with Gasteiger partial charge in [-0.1, -0.05) is 36.4 Å². The molecule has 2 heteroatoms. The number of ether oxygens (including phenoxy) is 1. The second-order valence-corrected chi connectivity index (χ2v) is 4.05. The summed E-state index contributed by atoms with van der Waals surface area (Å²) in [6.07, 6.45) is 0.